The van der Waals surface area contributed by atoms with Crippen LogP contribution in [0.25, 0.3) is 10.2 Å². The minimum absolute atomic E-state index is 0.0778. The summed E-state index contributed by atoms with van der Waals surface area (Å²) in [6.07, 6.45) is -2.75. The van der Waals surface area contributed by atoms with Gasteiger partial charge in [0.05, 0.1) is 11.8 Å². The van der Waals surface area contributed by atoms with E-state index in [0.717, 1.165) is 49.8 Å². The van der Waals surface area contributed by atoms with Crippen molar-refractivity contribution >= 4 is 27.4 Å². The van der Waals surface area contributed by atoms with Gasteiger partial charge in [-0.3, -0.25) is 9.80 Å². The molecule has 5 rings (SSSR count). The molecular weight excluding hydrogens is 442 g/mol. The Kier molecular flexibility index (Phi) is 5.22. The number of halogens is 4. The fraction of sp³-hybridized carbons (Fsp3) is 0.727. The predicted molar refractivity (Wildman–Crippen MR) is 118 cm³/mol. The average Bonchev–Trinajstić information content (AvgIpc) is 3.22. The van der Waals surface area contributed by atoms with Crippen molar-refractivity contribution in [3.63, 3.8) is 0 Å². The van der Waals surface area contributed by atoms with Gasteiger partial charge in [0.1, 0.15) is 17.0 Å². The molecule has 176 valence electrons. The third kappa shape index (κ3) is 3.88. The lowest BCUT2D eigenvalue weighted by Gasteiger charge is -2.59. The van der Waals surface area contributed by atoms with Crippen LogP contribution in [0.3, 0.4) is 0 Å². The Bertz CT molecular complexity index is 994. The minimum atomic E-state index is -4.24. The van der Waals surface area contributed by atoms with Crippen LogP contribution in [0.1, 0.15) is 25.1 Å². The quantitative estimate of drug-likeness (QED) is 0.617. The summed E-state index contributed by atoms with van der Waals surface area (Å²) in [6, 6.07) is 1.52. The average molecular weight is 472 g/mol. The Balaban J connectivity index is 1.30. The molecule has 5 heterocycles. The smallest absolute Gasteiger partial charge is 0.355 e. The summed E-state index contributed by atoms with van der Waals surface area (Å²) in [5.41, 5.74) is -1.05. The SMILES string of the molecule is CC(C)[C@@H](N1CC2(CCN(c3ncnc4sc(CC(F)(F)F)cc34)C2)C1)C1(F)CN(C)C1. The van der Waals surface area contributed by atoms with Gasteiger partial charge in [0, 0.05) is 55.6 Å². The molecule has 0 saturated carbocycles. The molecule has 0 aromatic carbocycles. The van der Waals surface area contributed by atoms with E-state index in [0.29, 0.717) is 23.3 Å². The molecule has 0 aliphatic carbocycles. The first-order valence-electron chi connectivity index (χ1n) is 11.1. The summed E-state index contributed by atoms with van der Waals surface area (Å²) in [7, 11) is 1.95. The molecule has 3 fully saturated rings. The first-order valence-corrected chi connectivity index (χ1v) is 12.0. The lowest BCUT2D eigenvalue weighted by Crippen LogP contribution is -2.73. The van der Waals surface area contributed by atoms with Crippen LogP contribution >= 0.6 is 11.3 Å². The standard InChI is InChI=1S/C22H29F4N5S/c1-14(2)17(21(23)11-29(3)12-21)31-9-20(10-31)4-5-30(8-20)18-16-6-15(7-22(24,25)26)32-19(16)28-13-27-18/h6,13-14,17H,4-5,7-12H2,1-3H3/t17-/m1/s1. The minimum Gasteiger partial charge on any atom is -0.355 e. The van der Waals surface area contributed by atoms with Crippen LogP contribution in [-0.4, -0.2) is 84.0 Å². The Morgan fingerprint density at radius 2 is 1.84 bits per heavy atom. The van der Waals surface area contributed by atoms with Crippen LogP contribution in [-0.2, 0) is 6.42 Å². The summed E-state index contributed by atoms with van der Waals surface area (Å²) in [5, 5.41) is 0.699. The fourth-order valence-electron chi connectivity index (χ4n) is 6.20. The maximum atomic E-state index is 15.5. The highest BCUT2D eigenvalue weighted by Crippen LogP contribution is 2.47. The molecule has 0 N–H and O–H groups in total. The summed E-state index contributed by atoms with van der Waals surface area (Å²) >= 11 is 1.08. The Morgan fingerprint density at radius 1 is 1.12 bits per heavy atom. The van der Waals surface area contributed by atoms with Gasteiger partial charge in [-0.15, -0.1) is 11.3 Å². The number of fused-ring (bicyclic) bond motifs is 1. The molecule has 3 saturated heterocycles. The van der Waals surface area contributed by atoms with Crippen LogP contribution in [0.4, 0.5) is 23.4 Å². The first kappa shape index (κ1) is 22.3. The van der Waals surface area contributed by atoms with Gasteiger partial charge >= 0.3 is 6.18 Å². The van der Waals surface area contributed by atoms with Crippen molar-refractivity contribution in [1.29, 1.82) is 0 Å². The van der Waals surface area contributed by atoms with Gasteiger partial charge in [-0.05, 0) is 25.5 Å². The number of nitrogens with zero attached hydrogens (tertiary/aromatic N) is 5. The number of rotatable bonds is 5. The third-order valence-corrected chi connectivity index (χ3v) is 8.21. The van der Waals surface area contributed by atoms with Crippen molar-refractivity contribution < 1.29 is 17.6 Å². The molecule has 0 radical (unpaired) electrons. The number of hydrogen-bond acceptors (Lipinski definition) is 6. The molecular formula is C22H29F4N5S. The van der Waals surface area contributed by atoms with Gasteiger partial charge in [-0.1, -0.05) is 13.8 Å². The highest BCUT2D eigenvalue weighted by molar-refractivity contribution is 7.18. The van der Waals surface area contributed by atoms with E-state index in [2.05, 4.69) is 33.6 Å². The maximum absolute atomic E-state index is 15.5. The molecule has 32 heavy (non-hydrogen) atoms. The summed E-state index contributed by atoms with van der Waals surface area (Å²) in [5.74, 6) is 0.959. The molecule has 3 aliphatic rings. The van der Waals surface area contributed by atoms with Gasteiger partial charge in [0.25, 0.3) is 0 Å². The highest BCUT2D eigenvalue weighted by atomic mass is 32.1. The van der Waals surface area contributed by atoms with E-state index >= 15 is 4.39 Å². The molecule has 0 amide bonds. The van der Waals surface area contributed by atoms with Gasteiger partial charge in [-0.2, -0.15) is 13.2 Å². The number of alkyl halides is 4. The highest BCUT2D eigenvalue weighted by Gasteiger charge is 2.58. The second-order valence-electron chi connectivity index (χ2n) is 10.4. The number of anilines is 1. The van der Waals surface area contributed by atoms with Crippen LogP contribution in [0, 0.1) is 11.3 Å². The van der Waals surface area contributed by atoms with Crippen molar-refractivity contribution in [3.8, 4) is 0 Å². The predicted octanol–water partition coefficient (Wildman–Crippen LogP) is 3.99. The zero-order chi connectivity index (χ0) is 22.9. The van der Waals surface area contributed by atoms with E-state index in [4.69, 9.17) is 0 Å². The normalized spacial score (nSPS) is 24.3. The summed E-state index contributed by atoms with van der Waals surface area (Å²) in [6.45, 7) is 8.50. The summed E-state index contributed by atoms with van der Waals surface area (Å²) in [4.78, 5) is 16.0. The lowest BCUT2D eigenvalue weighted by atomic mass is 9.73. The number of likely N-dealkylation sites (tertiary alicyclic amines) is 2. The van der Waals surface area contributed by atoms with Crippen molar-refractivity contribution in [3.05, 3.63) is 17.3 Å². The summed E-state index contributed by atoms with van der Waals surface area (Å²) < 4.78 is 54.0. The van der Waals surface area contributed by atoms with E-state index in [1.165, 1.54) is 6.33 Å². The molecule has 1 spiro atoms. The van der Waals surface area contributed by atoms with E-state index in [1.54, 1.807) is 6.07 Å². The first-order chi connectivity index (χ1) is 15.0. The molecule has 2 aromatic rings. The topological polar surface area (TPSA) is 35.5 Å². The second-order valence-corrected chi connectivity index (χ2v) is 11.5. The van der Waals surface area contributed by atoms with Crippen LogP contribution in [0.15, 0.2) is 12.4 Å². The van der Waals surface area contributed by atoms with Crippen LogP contribution < -0.4 is 4.90 Å². The Labute approximate surface area is 189 Å². The van der Waals surface area contributed by atoms with Gasteiger partial charge < -0.3 is 4.90 Å². The van der Waals surface area contributed by atoms with Gasteiger partial charge in [0.2, 0.25) is 0 Å². The molecule has 0 bridgehead atoms. The monoisotopic (exact) mass is 471 g/mol. The third-order valence-electron chi connectivity index (χ3n) is 7.17. The molecule has 0 unspecified atom stereocenters. The Morgan fingerprint density at radius 3 is 2.47 bits per heavy atom. The zero-order valence-electron chi connectivity index (χ0n) is 18.6. The molecule has 10 heteroatoms. The van der Waals surface area contributed by atoms with Crippen LogP contribution in [0.2, 0.25) is 0 Å². The largest absolute Gasteiger partial charge is 0.393 e. The van der Waals surface area contributed by atoms with Crippen molar-refractivity contribution in [1.82, 2.24) is 19.8 Å². The van der Waals surface area contributed by atoms with E-state index < -0.39 is 18.3 Å². The lowest BCUT2D eigenvalue weighted by molar-refractivity contribution is -0.140. The van der Waals surface area contributed by atoms with Crippen LogP contribution in [0.5, 0.6) is 0 Å². The zero-order valence-corrected chi connectivity index (χ0v) is 19.4. The number of aromatic nitrogens is 2. The van der Waals surface area contributed by atoms with E-state index in [9.17, 15) is 13.2 Å². The maximum Gasteiger partial charge on any atom is 0.393 e. The number of hydrogen-bond donors (Lipinski definition) is 0. The van der Waals surface area contributed by atoms with E-state index in [-0.39, 0.29) is 22.3 Å². The Hall–Kier alpha value is -1.52. The number of thiophene rings is 1. The van der Waals surface area contributed by atoms with Crippen molar-refractivity contribution in [2.45, 2.75) is 44.6 Å². The molecule has 5 nitrogen and oxygen atoms in total. The molecule has 1 atom stereocenters. The molecule has 3 aliphatic heterocycles. The molecule has 2 aromatic heterocycles. The van der Waals surface area contributed by atoms with Gasteiger partial charge in [-0.25, -0.2) is 14.4 Å². The van der Waals surface area contributed by atoms with Gasteiger partial charge in [0.15, 0.2) is 5.67 Å². The van der Waals surface area contributed by atoms with Crippen molar-refractivity contribution in [2.24, 2.45) is 11.3 Å². The van der Waals surface area contributed by atoms with Crippen molar-refractivity contribution in [2.75, 3.05) is 51.2 Å². The van der Waals surface area contributed by atoms with E-state index in [1.807, 2.05) is 11.9 Å². The second kappa shape index (κ2) is 7.50. The fourth-order valence-corrected chi connectivity index (χ4v) is 7.22.